The van der Waals surface area contributed by atoms with E-state index in [2.05, 4.69) is 0 Å². The van der Waals surface area contributed by atoms with E-state index in [1.165, 1.54) is 43.3 Å². The Morgan fingerprint density at radius 2 is 1.79 bits per heavy atom. The van der Waals surface area contributed by atoms with Crippen molar-refractivity contribution in [2.45, 2.75) is 13.3 Å². The fourth-order valence-electron chi connectivity index (χ4n) is 2.00. The number of halogens is 1. The van der Waals surface area contributed by atoms with Gasteiger partial charge in [-0.3, -0.25) is 14.9 Å². The molecule has 0 aliphatic heterocycles. The number of carbonyl (C=O) groups is 1. The molecule has 0 spiro atoms. The molecule has 0 aliphatic carbocycles. The summed E-state index contributed by atoms with van der Waals surface area (Å²) in [6.07, 6.45) is 0.533. The number of ketones is 1. The van der Waals surface area contributed by atoms with Crippen LogP contribution in [0.4, 0.5) is 10.1 Å². The highest BCUT2D eigenvalue weighted by molar-refractivity contribution is 5.96. The minimum absolute atomic E-state index is 0.00115. The van der Waals surface area contributed by atoms with Crippen LogP contribution in [0.15, 0.2) is 42.5 Å². The molecule has 0 N–H and O–H groups in total. The minimum atomic E-state index is -0.492. The zero-order valence-corrected chi connectivity index (χ0v) is 13.0. The van der Waals surface area contributed by atoms with Crippen molar-refractivity contribution < 1.29 is 23.6 Å². The van der Waals surface area contributed by atoms with Gasteiger partial charge in [-0.15, -0.1) is 0 Å². The fourth-order valence-corrected chi connectivity index (χ4v) is 2.00. The molecule has 6 nitrogen and oxygen atoms in total. The van der Waals surface area contributed by atoms with Crippen molar-refractivity contribution in [1.29, 1.82) is 0 Å². The molecule has 0 heterocycles. The number of hydrogen-bond donors (Lipinski definition) is 0. The summed E-state index contributed by atoms with van der Waals surface area (Å²) in [6.45, 7) is 1.98. The molecule has 0 aromatic heterocycles. The van der Waals surface area contributed by atoms with Crippen molar-refractivity contribution in [3.63, 3.8) is 0 Å². The van der Waals surface area contributed by atoms with E-state index in [1.54, 1.807) is 0 Å². The first-order valence-electron chi connectivity index (χ1n) is 7.28. The normalized spacial score (nSPS) is 10.2. The number of ether oxygens (including phenoxy) is 2. The Morgan fingerprint density at radius 1 is 1.12 bits per heavy atom. The molecule has 0 saturated heterocycles. The number of rotatable bonds is 8. The van der Waals surface area contributed by atoms with E-state index in [4.69, 9.17) is 9.47 Å². The van der Waals surface area contributed by atoms with E-state index in [0.29, 0.717) is 31.1 Å². The number of non-ortho nitro benzene ring substituents is 1. The SMILES string of the molecule is CC(=O)c1cc(F)ccc1OCCCOc1ccc([N+](=O)[O-])cc1. The summed E-state index contributed by atoms with van der Waals surface area (Å²) in [5, 5.41) is 10.5. The molecule has 0 amide bonds. The maximum Gasteiger partial charge on any atom is 0.269 e. The van der Waals surface area contributed by atoms with Crippen LogP contribution < -0.4 is 9.47 Å². The Balaban J connectivity index is 1.79. The van der Waals surface area contributed by atoms with Gasteiger partial charge in [0.1, 0.15) is 17.3 Å². The lowest BCUT2D eigenvalue weighted by molar-refractivity contribution is -0.384. The van der Waals surface area contributed by atoms with Gasteiger partial charge in [0.15, 0.2) is 5.78 Å². The molecule has 0 aliphatic rings. The lowest BCUT2D eigenvalue weighted by Crippen LogP contribution is -2.07. The third-order valence-corrected chi connectivity index (χ3v) is 3.18. The number of Topliss-reactive ketones (excluding diaryl/α,β-unsaturated/α-hetero) is 1. The van der Waals surface area contributed by atoms with Crippen LogP contribution >= 0.6 is 0 Å². The summed E-state index contributed by atoms with van der Waals surface area (Å²) < 4.78 is 24.1. The average Bonchev–Trinajstić information content (AvgIpc) is 2.56. The van der Waals surface area contributed by atoms with Crippen molar-refractivity contribution in [1.82, 2.24) is 0 Å². The van der Waals surface area contributed by atoms with Crippen molar-refractivity contribution >= 4 is 11.5 Å². The molecular weight excluding hydrogens is 317 g/mol. The van der Waals surface area contributed by atoms with E-state index >= 15 is 0 Å². The summed E-state index contributed by atoms with van der Waals surface area (Å²) in [5.74, 6) is 0.0896. The van der Waals surface area contributed by atoms with Crippen LogP contribution in [0.3, 0.4) is 0 Å². The molecule has 0 atom stereocenters. The second-order valence-corrected chi connectivity index (χ2v) is 5.00. The van der Waals surface area contributed by atoms with Gasteiger partial charge in [0, 0.05) is 18.6 Å². The first kappa shape index (κ1) is 17.4. The Labute approximate surface area is 138 Å². The third-order valence-electron chi connectivity index (χ3n) is 3.18. The molecule has 0 unspecified atom stereocenters. The molecule has 24 heavy (non-hydrogen) atoms. The molecule has 0 saturated carbocycles. The maximum atomic E-state index is 13.1. The van der Waals surface area contributed by atoms with Gasteiger partial charge in [0.05, 0.1) is 23.7 Å². The maximum absolute atomic E-state index is 13.1. The first-order valence-corrected chi connectivity index (χ1v) is 7.28. The van der Waals surface area contributed by atoms with Crippen LogP contribution in [0, 0.1) is 15.9 Å². The predicted octanol–water partition coefficient (Wildman–Crippen LogP) is 3.78. The van der Waals surface area contributed by atoms with Gasteiger partial charge < -0.3 is 9.47 Å². The van der Waals surface area contributed by atoms with Gasteiger partial charge in [0.25, 0.3) is 5.69 Å². The average molecular weight is 333 g/mol. The summed E-state index contributed by atoms with van der Waals surface area (Å²) in [6, 6.07) is 9.57. The van der Waals surface area contributed by atoms with Crippen LogP contribution in [-0.4, -0.2) is 23.9 Å². The molecule has 126 valence electrons. The highest BCUT2D eigenvalue weighted by atomic mass is 19.1. The molecule has 0 radical (unpaired) electrons. The van der Waals surface area contributed by atoms with Gasteiger partial charge >= 0.3 is 0 Å². The second-order valence-electron chi connectivity index (χ2n) is 5.00. The Hall–Kier alpha value is -2.96. The fraction of sp³-hybridized carbons (Fsp3) is 0.235. The highest BCUT2D eigenvalue weighted by Crippen LogP contribution is 2.21. The number of nitro groups is 1. The van der Waals surface area contributed by atoms with Crippen molar-refractivity contribution in [3.05, 3.63) is 64.0 Å². The predicted molar refractivity (Wildman–Crippen MR) is 85.1 cm³/mol. The number of nitro benzene ring substituents is 1. The standard InChI is InChI=1S/C17H16FNO5/c1-12(20)16-11-13(18)3-8-17(16)24-10-2-9-23-15-6-4-14(5-7-15)19(21)22/h3-8,11H,2,9-10H2,1H3. The Kier molecular flexibility index (Phi) is 5.83. The van der Waals surface area contributed by atoms with Gasteiger partial charge in [-0.2, -0.15) is 0 Å². The van der Waals surface area contributed by atoms with Gasteiger partial charge in [-0.05, 0) is 37.3 Å². The van der Waals surface area contributed by atoms with Crippen LogP contribution in [0.5, 0.6) is 11.5 Å². The zero-order valence-electron chi connectivity index (χ0n) is 13.0. The van der Waals surface area contributed by atoms with E-state index < -0.39 is 10.7 Å². The first-order chi connectivity index (χ1) is 11.5. The number of nitrogens with zero attached hydrogens (tertiary/aromatic N) is 1. The van der Waals surface area contributed by atoms with Crippen LogP contribution in [0.1, 0.15) is 23.7 Å². The van der Waals surface area contributed by atoms with E-state index in [-0.39, 0.29) is 17.0 Å². The summed E-state index contributed by atoms with van der Waals surface area (Å²) in [4.78, 5) is 21.5. The molecular formula is C17H16FNO5. The van der Waals surface area contributed by atoms with Crippen LogP contribution in [0.2, 0.25) is 0 Å². The van der Waals surface area contributed by atoms with Gasteiger partial charge in [-0.25, -0.2) is 4.39 Å². The van der Waals surface area contributed by atoms with Crippen molar-refractivity contribution in [2.24, 2.45) is 0 Å². The quantitative estimate of drug-likeness (QED) is 0.318. The summed E-state index contributed by atoms with van der Waals surface area (Å²) in [5.41, 5.74) is 0.199. The lowest BCUT2D eigenvalue weighted by atomic mass is 10.1. The van der Waals surface area contributed by atoms with Gasteiger partial charge in [-0.1, -0.05) is 0 Å². The minimum Gasteiger partial charge on any atom is -0.493 e. The summed E-state index contributed by atoms with van der Waals surface area (Å²) >= 11 is 0. The topological polar surface area (TPSA) is 78.7 Å². The highest BCUT2D eigenvalue weighted by Gasteiger charge is 2.10. The van der Waals surface area contributed by atoms with E-state index in [1.807, 2.05) is 0 Å². The zero-order chi connectivity index (χ0) is 17.5. The van der Waals surface area contributed by atoms with E-state index in [0.717, 1.165) is 6.07 Å². The van der Waals surface area contributed by atoms with Crippen LogP contribution in [-0.2, 0) is 0 Å². The number of carbonyl (C=O) groups excluding carboxylic acids is 1. The van der Waals surface area contributed by atoms with Crippen molar-refractivity contribution in [3.8, 4) is 11.5 Å². The molecule has 2 aromatic rings. The summed E-state index contributed by atoms with van der Waals surface area (Å²) in [7, 11) is 0. The monoisotopic (exact) mass is 333 g/mol. The molecule has 7 heteroatoms. The second kappa shape index (κ2) is 8.05. The Morgan fingerprint density at radius 3 is 2.42 bits per heavy atom. The number of benzene rings is 2. The van der Waals surface area contributed by atoms with E-state index in [9.17, 15) is 19.3 Å². The molecule has 0 bridgehead atoms. The molecule has 0 fully saturated rings. The van der Waals surface area contributed by atoms with Gasteiger partial charge in [0.2, 0.25) is 0 Å². The lowest BCUT2D eigenvalue weighted by Gasteiger charge is -2.10. The smallest absolute Gasteiger partial charge is 0.269 e. The van der Waals surface area contributed by atoms with Crippen LogP contribution in [0.25, 0.3) is 0 Å². The molecule has 2 rings (SSSR count). The largest absolute Gasteiger partial charge is 0.493 e. The Bertz CT molecular complexity index is 730. The van der Waals surface area contributed by atoms with Crippen molar-refractivity contribution in [2.75, 3.05) is 13.2 Å². The third kappa shape index (κ3) is 4.77. The molecule has 2 aromatic carbocycles. The number of hydrogen-bond acceptors (Lipinski definition) is 5.